The van der Waals surface area contributed by atoms with Crippen molar-refractivity contribution in [3.63, 3.8) is 0 Å². The third-order valence-corrected chi connectivity index (χ3v) is 3.25. The molecule has 22 heavy (non-hydrogen) atoms. The van der Waals surface area contributed by atoms with E-state index in [-0.39, 0.29) is 22.7 Å². The molecule has 0 saturated heterocycles. The molecule has 2 rings (SSSR count). The van der Waals surface area contributed by atoms with Crippen LogP contribution >= 0.6 is 0 Å². The van der Waals surface area contributed by atoms with Crippen molar-refractivity contribution in [1.82, 2.24) is 0 Å². The predicted molar refractivity (Wildman–Crippen MR) is 82.3 cm³/mol. The molecule has 0 spiro atoms. The highest BCUT2D eigenvalue weighted by atomic mass is 16.5. The van der Waals surface area contributed by atoms with E-state index in [1.54, 1.807) is 39.8 Å². The Kier molecular flexibility index (Phi) is 3.92. The lowest BCUT2D eigenvalue weighted by molar-refractivity contribution is -0.143. The van der Waals surface area contributed by atoms with Gasteiger partial charge in [0.05, 0.1) is 5.41 Å². The van der Waals surface area contributed by atoms with Crippen LogP contribution in [0.25, 0.3) is 11.0 Å². The Labute approximate surface area is 127 Å². The molecule has 0 aliphatic rings. The van der Waals surface area contributed by atoms with E-state index in [1.165, 1.54) is 13.0 Å². The Morgan fingerprint density at radius 2 is 1.82 bits per heavy atom. The monoisotopic (exact) mass is 302 g/mol. The van der Waals surface area contributed by atoms with Crippen LogP contribution in [0, 0.1) is 12.3 Å². The molecule has 5 nitrogen and oxygen atoms in total. The molecule has 0 radical (unpaired) electrons. The maximum absolute atomic E-state index is 12.1. The van der Waals surface area contributed by atoms with Crippen LogP contribution in [0.4, 0.5) is 0 Å². The van der Waals surface area contributed by atoms with Gasteiger partial charge in [-0.1, -0.05) is 0 Å². The number of hydrogen-bond donors (Lipinski definition) is 0. The first kappa shape index (κ1) is 15.9. The van der Waals surface area contributed by atoms with Gasteiger partial charge >= 0.3 is 11.6 Å². The number of Topliss-reactive ketones (excluding diaryl/α,β-unsaturated/α-hetero) is 1. The molecule has 0 saturated carbocycles. The number of rotatable bonds is 2. The number of ketones is 1. The van der Waals surface area contributed by atoms with E-state index >= 15 is 0 Å². The number of ether oxygens (including phenoxy) is 1. The van der Waals surface area contributed by atoms with Gasteiger partial charge in [0.15, 0.2) is 11.4 Å². The lowest BCUT2D eigenvalue weighted by Gasteiger charge is -2.18. The van der Waals surface area contributed by atoms with Crippen LogP contribution in [-0.4, -0.2) is 11.8 Å². The van der Waals surface area contributed by atoms with Gasteiger partial charge in [0, 0.05) is 11.5 Å². The van der Waals surface area contributed by atoms with Crippen molar-refractivity contribution in [2.24, 2.45) is 5.41 Å². The molecule has 1 aromatic carbocycles. The van der Waals surface area contributed by atoms with E-state index in [0.29, 0.717) is 10.9 Å². The van der Waals surface area contributed by atoms with Crippen molar-refractivity contribution in [1.29, 1.82) is 0 Å². The topological polar surface area (TPSA) is 73.6 Å². The Bertz CT molecular complexity index is 821. The van der Waals surface area contributed by atoms with Gasteiger partial charge in [-0.25, -0.2) is 4.79 Å². The van der Waals surface area contributed by atoms with Gasteiger partial charge in [-0.15, -0.1) is 0 Å². The largest absolute Gasteiger partial charge is 0.425 e. The summed E-state index contributed by atoms with van der Waals surface area (Å²) < 4.78 is 10.5. The average Bonchev–Trinajstić information content (AvgIpc) is 2.36. The quantitative estimate of drug-likeness (QED) is 0.368. The molecule has 0 fully saturated rings. The normalized spacial score (nSPS) is 11.5. The highest BCUT2D eigenvalue weighted by Crippen LogP contribution is 2.31. The minimum Gasteiger partial charge on any atom is -0.425 e. The number of esters is 1. The van der Waals surface area contributed by atoms with Crippen LogP contribution in [0.2, 0.25) is 0 Å². The van der Waals surface area contributed by atoms with Crippen LogP contribution in [0.1, 0.15) is 43.6 Å². The number of carbonyl (C=O) groups is 2. The van der Waals surface area contributed by atoms with Gasteiger partial charge in [-0.3, -0.25) is 9.59 Å². The second-order valence-electron chi connectivity index (χ2n) is 6.26. The molecule has 0 bridgehead atoms. The van der Waals surface area contributed by atoms with Crippen molar-refractivity contribution >= 4 is 22.7 Å². The Hall–Kier alpha value is -2.43. The van der Waals surface area contributed by atoms with Gasteiger partial charge < -0.3 is 9.15 Å². The van der Waals surface area contributed by atoms with E-state index in [4.69, 9.17) is 9.15 Å². The molecule has 0 aliphatic heterocycles. The van der Waals surface area contributed by atoms with Gasteiger partial charge in [-0.2, -0.15) is 0 Å². The second kappa shape index (κ2) is 5.40. The standard InChI is InChI=1S/C17H18O5/c1-9-8-13(19)22-15-11(9)6-7-12(14(15)10(2)18)21-16(20)17(3,4)5/h6-8H,1-5H3. The summed E-state index contributed by atoms with van der Waals surface area (Å²) in [5, 5.41) is 0.639. The number of fused-ring (bicyclic) bond motifs is 1. The van der Waals surface area contributed by atoms with Gasteiger partial charge in [-0.05, 0) is 52.3 Å². The molecule has 0 aliphatic carbocycles. The fourth-order valence-electron chi connectivity index (χ4n) is 2.04. The van der Waals surface area contributed by atoms with E-state index in [2.05, 4.69) is 0 Å². The fourth-order valence-corrected chi connectivity index (χ4v) is 2.04. The van der Waals surface area contributed by atoms with Crippen molar-refractivity contribution in [3.05, 3.63) is 39.7 Å². The first-order valence-corrected chi connectivity index (χ1v) is 6.92. The van der Waals surface area contributed by atoms with Crippen LogP contribution in [0.5, 0.6) is 5.75 Å². The van der Waals surface area contributed by atoms with Gasteiger partial charge in [0.2, 0.25) is 0 Å². The van der Waals surface area contributed by atoms with Crippen molar-refractivity contribution in [2.75, 3.05) is 0 Å². The molecule has 0 unspecified atom stereocenters. The molecule has 116 valence electrons. The molecule has 0 N–H and O–H groups in total. The van der Waals surface area contributed by atoms with Gasteiger partial charge in [0.1, 0.15) is 11.3 Å². The van der Waals surface area contributed by atoms with Crippen molar-refractivity contribution < 1.29 is 18.7 Å². The molecular weight excluding hydrogens is 284 g/mol. The molecule has 0 atom stereocenters. The lowest BCUT2D eigenvalue weighted by Crippen LogP contribution is -2.26. The first-order valence-electron chi connectivity index (χ1n) is 6.92. The summed E-state index contributed by atoms with van der Waals surface area (Å²) >= 11 is 0. The van der Waals surface area contributed by atoms with Crippen LogP contribution in [0.3, 0.4) is 0 Å². The Morgan fingerprint density at radius 3 is 2.36 bits per heavy atom. The Morgan fingerprint density at radius 1 is 1.18 bits per heavy atom. The first-order chi connectivity index (χ1) is 10.1. The zero-order valence-corrected chi connectivity index (χ0v) is 13.3. The SMILES string of the molecule is CC(=O)c1c(OC(=O)C(C)(C)C)ccc2c(C)cc(=O)oc12. The molecule has 1 heterocycles. The van der Waals surface area contributed by atoms with Crippen LogP contribution in [-0.2, 0) is 4.79 Å². The minimum absolute atomic E-state index is 0.105. The molecule has 2 aromatic rings. The summed E-state index contributed by atoms with van der Waals surface area (Å²) in [5.41, 5.74) is -0.307. The highest BCUT2D eigenvalue weighted by molar-refractivity contribution is 6.08. The summed E-state index contributed by atoms with van der Waals surface area (Å²) in [6.45, 7) is 8.24. The van der Waals surface area contributed by atoms with E-state index in [9.17, 15) is 14.4 Å². The van der Waals surface area contributed by atoms with Crippen LogP contribution in [0.15, 0.2) is 27.4 Å². The lowest BCUT2D eigenvalue weighted by atomic mass is 9.97. The summed E-state index contributed by atoms with van der Waals surface area (Å²) in [6, 6.07) is 4.58. The fraction of sp³-hybridized carbons (Fsp3) is 0.353. The predicted octanol–water partition coefficient (Wildman–Crippen LogP) is 3.26. The Balaban J connectivity index is 2.71. The third-order valence-electron chi connectivity index (χ3n) is 3.25. The zero-order valence-electron chi connectivity index (χ0n) is 13.3. The summed E-state index contributed by atoms with van der Waals surface area (Å²) in [5.74, 6) is -0.700. The van der Waals surface area contributed by atoms with Crippen LogP contribution < -0.4 is 10.4 Å². The smallest absolute Gasteiger partial charge is 0.336 e. The van der Waals surface area contributed by atoms with Crippen molar-refractivity contribution in [3.8, 4) is 5.75 Å². The summed E-state index contributed by atoms with van der Waals surface area (Å²) in [7, 11) is 0. The maximum atomic E-state index is 12.1. The van der Waals surface area contributed by atoms with E-state index in [1.807, 2.05) is 0 Å². The summed E-state index contributed by atoms with van der Waals surface area (Å²) in [6.07, 6.45) is 0. The summed E-state index contributed by atoms with van der Waals surface area (Å²) in [4.78, 5) is 35.6. The number of aryl methyl sites for hydroxylation is 1. The average molecular weight is 302 g/mol. The third kappa shape index (κ3) is 2.93. The minimum atomic E-state index is -0.712. The second-order valence-corrected chi connectivity index (χ2v) is 6.26. The van der Waals surface area contributed by atoms with Crippen molar-refractivity contribution in [2.45, 2.75) is 34.6 Å². The van der Waals surface area contributed by atoms with E-state index < -0.39 is 17.0 Å². The molecule has 0 amide bonds. The number of hydrogen-bond acceptors (Lipinski definition) is 5. The molecule has 5 heteroatoms. The zero-order chi connectivity index (χ0) is 16.7. The molecule has 1 aromatic heterocycles. The molecular formula is C17H18O5. The maximum Gasteiger partial charge on any atom is 0.336 e. The highest BCUT2D eigenvalue weighted by Gasteiger charge is 2.26. The van der Waals surface area contributed by atoms with Gasteiger partial charge in [0.25, 0.3) is 0 Å². The number of carbonyl (C=O) groups excluding carboxylic acids is 2. The van der Waals surface area contributed by atoms with E-state index in [0.717, 1.165) is 0 Å². The number of benzene rings is 1.